The molecule has 1 atom stereocenters. The first-order valence-electron chi connectivity index (χ1n) is 7.18. The summed E-state index contributed by atoms with van der Waals surface area (Å²) in [6.07, 6.45) is 0.934. The molecule has 0 fully saturated rings. The molecule has 1 aromatic heterocycles. The number of aliphatic hydroxyl groups excluding tert-OH is 1. The summed E-state index contributed by atoms with van der Waals surface area (Å²) in [6, 6.07) is 4.32. The summed E-state index contributed by atoms with van der Waals surface area (Å²) in [7, 11) is 0. The van der Waals surface area contributed by atoms with Gasteiger partial charge >= 0.3 is 0 Å². The molecule has 114 valence electrons. The second-order valence-corrected chi connectivity index (χ2v) is 5.49. The van der Waals surface area contributed by atoms with Gasteiger partial charge in [0.25, 0.3) is 0 Å². The van der Waals surface area contributed by atoms with Crippen LogP contribution in [0.3, 0.4) is 0 Å². The largest absolute Gasteiger partial charge is 0.389 e. The van der Waals surface area contributed by atoms with E-state index in [1.54, 1.807) is 13.0 Å². The number of hydrogen-bond donors (Lipinski definition) is 1. The molecular formula is C16H20ClFN2O. The van der Waals surface area contributed by atoms with Gasteiger partial charge in [-0.2, -0.15) is 5.10 Å². The molecule has 0 aliphatic carbocycles. The highest BCUT2D eigenvalue weighted by molar-refractivity contribution is 6.31. The van der Waals surface area contributed by atoms with Gasteiger partial charge in [-0.1, -0.05) is 25.4 Å². The molecule has 1 unspecified atom stereocenters. The fraction of sp³-hybridized carbons (Fsp3) is 0.438. The number of aryl methyl sites for hydroxylation is 1. The Morgan fingerprint density at radius 1 is 1.33 bits per heavy atom. The molecule has 1 heterocycles. The van der Waals surface area contributed by atoms with E-state index in [2.05, 4.69) is 5.10 Å². The second kappa shape index (κ2) is 6.58. The zero-order valence-corrected chi connectivity index (χ0v) is 13.3. The Morgan fingerprint density at radius 2 is 2.05 bits per heavy atom. The van der Waals surface area contributed by atoms with E-state index in [-0.39, 0.29) is 5.82 Å². The summed E-state index contributed by atoms with van der Waals surface area (Å²) < 4.78 is 15.2. The van der Waals surface area contributed by atoms with Gasteiger partial charge in [-0.05, 0) is 43.5 Å². The SMILES string of the molecule is CCc1nn(Cc2cc(F)ccc2Cl)c(CC)c1C(C)O. The van der Waals surface area contributed by atoms with Crippen LogP contribution in [-0.2, 0) is 19.4 Å². The zero-order valence-electron chi connectivity index (χ0n) is 12.5. The van der Waals surface area contributed by atoms with Crippen molar-refractivity contribution < 1.29 is 9.50 Å². The lowest BCUT2D eigenvalue weighted by Gasteiger charge is -2.11. The van der Waals surface area contributed by atoms with Crippen LogP contribution in [0.25, 0.3) is 0 Å². The lowest BCUT2D eigenvalue weighted by Crippen LogP contribution is -2.08. The van der Waals surface area contributed by atoms with Gasteiger partial charge in [0.15, 0.2) is 0 Å². The van der Waals surface area contributed by atoms with Crippen LogP contribution in [0.2, 0.25) is 5.02 Å². The van der Waals surface area contributed by atoms with Crippen molar-refractivity contribution in [2.75, 3.05) is 0 Å². The fourth-order valence-corrected chi connectivity index (χ4v) is 2.82. The van der Waals surface area contributed by atoms with Crippen LogP contribution in [0.4, 0.5) is 4.39 Å². The predicted octanol–water partition coefficient (Wildman–Crippen LogP) is 3.90. The molecule has 1 aromatic carbocycles. The van der Waals surface area contributed by atoms with Gasteiger partial charge in [0.2, 0.25) is 0 Å². The molecule has 0 saturated heterocycles. The van der Waals surface area contributed by atoms with Crippen LogP contribution in [0, 0.1) is 5.82 Å². The number of aliphatic hydroxyl groups is 1. The first-order valence-corrected chi connectivity index (χ1v) is 7.56. The fourth-order valence-electron chi connectivity index (χ4n) is 2.64. The summed E-state index contributed by atoms with van der Waals surface area (Å²) in [5.74, 6) is -0.314. The van der Waals surface area contributed by atoms with Crippen LogP contribution in [0.5, 0.6) is 0 Å². The number of halogens is 2. The maximum absolute atomic E-state index is 13.4. The number of nitrogens with zero attached hydrogens (tertiary/aromatic N) is 2. The molecule has 0 amide bonds. The van der Waals surface area contributed by atoms with Crippen molar-refractivity contribution in [3.05, 3.63) is 51.6 Å². The Balaban J connectivity index is 2.46. The van der Waals surface area contributed by atoms with E-state index >= 15 is 0 Å². The van der Waals surface area contributed by atoms with Crippen molar-refractivity contribution in [1.29, 1.82) is 0 Å². The molecule has 1 N–H and O–H groups in total. The molecule has 0 radical (unpaired) electrons. The topological polar surface area (TPSA) is 38.0 Å². The van der Waals surface area contributed by atoms with Gasteiger partial charge in [-0.3, -0.25) is 4.68 Å². The number of hydrogen-bond acceptors (Lipinski definition) is 2. The predicted molar refractivity (Wildman–Crippen MR) is 82.1 cm³/mol. The Labute approximate surface area is 129 Å². The quantitative estimate of drug-likeness (QED) is 0.909. The average Bonchev–Trinajstić information content (AvgIpc) is 2.80. The van der Waals surface area contributed by atoms with Crippen molar-refractivity contribution in [3.63, 3.8) is 0 Å². The lowest BCUT2D eigenvalue weighted by molar-refractivity contribution is 0.197. The molecule has 0 aliphatic heterocycles. The van der Waals surface area contributed by atoms with E-state index in [4.69, 9.17) is 11.6 Å². The summed E-state index contributed by atoms with van der Waals surface area (Å²) >= 11 is 6.13. The van der Waals surface area contributed by atoms with Crippen molar-refractivity contribution >= 4 is 11.6 Å². The molecule has 0 aliphatic rings. The van der Waals surface area contributed by atoms with Gasteiger partial charge in [0.05, 0.1) is 18.3 Å². The highest BCUT2D eigenvalue weighted by atomic mass is 35.5. The van der Waals surface area contributed by atoms with Gasteiger partial charge in [0.1, 0.15) is 5.82 Å². The van der Waals surface area contributed by atoms with Crippen molar-refractivity contribution in [1.82, 2.24) is 9.78 Å². The smallest absolute Gasteiger partial charge is 0.123 e. The monoisotopic (exact) mass is 310 g/mol. The molecule has 21 heavy (non-hydrogen) atoms. The number of benzene rings is 1. The molecular weight excluding hydrogens is 291 g/mol. The van der Waals surface area contributed by atoms with Crippen molar-refractivity contribution in [3.8, 4) is 0 Å². The first kappa shape index (κ1) is 16.0. The summed E-state index contributed by atoms with van der Waals surface area (Å²) in [6.45, 7) is 6.17. The van der Waals surface area contributed by atoms with E-state index in [9.17, 15) is 9.50 Å². The number of rotatable bonds is 5. The van der Waals surface area contributed by atoms with Crippen LogP contribution in [-0.4, -0.2) is 14.9 Å². The molecule has 0 bridgehead atoms. The summed E-state index contributed by atoms with van der Waals surface area (Å²) in [5, 5.41) is 15.1. The van der Waals surface area contributed by atoms with Gasteiger partial charge in [-0.25, -0.2) is 4.39 Å². The van der Waals surface area contributed by atoms with Gasteiger partial charge in [-0.15, -0.1) is 0 Å². The molecule has 0 spiro atoms. The van der Waals surface area contributed by atoms with E-state index < -0.39 is 6.10 Å². The Bertz CT molecular complexity index is 637. The maximum atomic E-state index is 13.4. The highest BCUT2D eigenvalue weighted by Crippen LogP contribution is 2.25. The third-order valence-corrected chi connectivity index (χ3v) is 3.96. The van der Waals surface area contributed by atoms with E-state index in [1.807, 2.05) is 18.5 Å². The third kappa shape index (κ3) is 3.27. The van der Waals surface area contributed by atoms with E-state index in [0.717, 1.165) is 29.8 Å². The van der Waals surface area contributed by atoms with Gasteiger partial charge < -0.3 is 5.11 Å². The molecule has 3 nitrogen and oxygen atoms in total. The Morgan fingerprint density at radius 3 is 2.62 bits per heavy atom. The zero-order chi connectivity index (χ0) is 15.6. The van der Waals surface area contributed by atoms with Crippen LogP contribution >= 0.6 is 11.6 Å². The van der Waals surface area contributed by atoms with E-state index in [0.29, 0.717) is 17.1 Å². The maximum Gasteiger partial charge on any atom is 0.123 e. The minimum atomic E-state index is -0.563. The third-order valence-electron chi connectivity index (χ3n) is 3.59. The van der Waals surface area contributed by atoms with Crippen LogP contribution in [0.1, 0.15) is 49.4 Å². The van der Waals surface area contributed by atoms with Crippen LogP contribution < -0.4 is 0 Å². The molecule has 2 rings (SSSR count). The summed E-state index contributed by atoms with van der Waals surface area (Å²) in [4.78, 5) is 0. The minimum Gasteiger partial charge on any atom is -0.389 e. The van der Waals surface area contributed by atoms with E-state index in [1.165, 1.54) is 12.1 Å². The van der Waals surface area contributed by atoms with Gasteiger partial charge in [0, 0.05) is 16.3 Å². The second-order valence-electron chi connectivity index (χ2n) is 5.08. The number of aromatic nitrogens is 2. The molecule has 5 heteroatoms. The first-order chi connectivity index (χ1) is 9.97. The average molecular weight is 311 g/mol. The minimum absolute atomic E-state index is 0.314. The molecule has 2 aromatic rings. The Hall–Kier alpha value is -1.39. The standard InChI is InChI=1S/C16H20ClFN2O/c1-4-14-16(10(3)21)15(5-2)20(19-14)9-11-8-12(18)6-7-13(11)17/h6-8,10,21H,4-5,9H2,1-3H3. The van der Waals surface area contributed by atoms with Crippen molar-refractivity contribution in [2.45, 2.75) is 46.3 Å². The van der Waals surface area contributed by atoms with Crippen molar-refractivity contribution in [2.24, 2.45) is 0 Å². The normalized spacial score (nSPS) is 12.7. The highest BCUT2D eigenvalue weighted by Gasteiger charge is 2.19. The molecule has 0 saturated carbocycles. The Kier molecular flexibility index (Phi) is 5.01. The lowest BCUT2D eigenvalue weighted by atomic mass is 10.0. The summed E-state index contributed by atoms with van der Waals surface area (Å²) in [5.41, 5.74) is 3.43. The van der Waals surface area contributed by atoms with Crippen LogP contribution in [0.15, 0.2) is 18.2 Å².